The summed E-state index contributed by atoms with van der Waals surface area (Å²) in [5, 5.41) is 0.854. The number of carbonyl (C=O) groups excluding carboxylic acids is 1. The van der Waals surface area contributed by atoms with Gasteiger partial charge >= 0.3 is 0 Å². The molecule has 0 atom stereocenters. The van der Waals surface area contributed by atoms with Gasteiger partial charge in [-0.3, -0.25) is 4.79 Å². The molecule has 1 saturated heterocycles. The molecule has 1 fully saturated rings. The minimum atomic E-state index is -0.00795. The van der Waals surface area contributed by atoms with Crippen molar-refractivity contribution in [3.05, 3.63) is 28.5 Å². The molecule has 6 heteroatoms. The van der Waals surface area contributed by atoms with E-state index in [1.165, 1.54) is 0 Å². The number of piperidine rings is 1. The maximum absolute atomic E-state index is 12.3. The predicted molar refractivity (Wildman–Crippen MR) is 80.6 cm³/mol. The molecule has 1 amide bonds. The van der Waals surface area contributed by atoms with Crippen LogP contribution >= 0.6 is 31.9 Å². The quantitative estimate of drug-likeness (QED) is 0.741. The summed E-state index contributed by atoms with van der Waals surface area (Å²) in [6.45, 7) is 2.19. The van der Waals surface area contributed by atoms with Crippen LogP contribution in [0.4, 0.5) is 0 Å². The van der Waals surface area contributed by atoms with Crippen molar-refractivity contribution in [3.8, 4) is 0 Å². The summed E-state index contributed by atoms with van der Waals surface area (Å²) in [5.74, 6) is -0.00795. The summed E-state index contributed by atoms with van der Waals surface area (Å²) < 4.78 is 6.43. The highest BCUT2D eigenvalue weighted by molar-refractivity contribution is 9.10. The third-order valence-corrected chi connectivity index (χ3v) is 4.08. The molecule has 4 nitrogen and oxygen atoms in total. The van der Waals surface area contributed by atoms with E-state index in [4.69, 9.17) is 4.74 Å². The van der Waals surface area contributed by atoms with Gasteiger partial charge in [0.15, 0.2) is 0 Å². The molecule has 1 aliphatic heterocycles. The molecule has 2 heterocycles. The Bertz CT molecular complexity index is 434. The first-order valence-corrected chi connectivity index (χ1v) is 8.21. The van der Waals surface area contributed by atoms with Gasteiger partial charge in [-0.25, -0.2) is 4.98 Å². The van der Waals surface area contributed by atoms with Gasteiger partial charge in [0.1, 0.15) is 5.69 Å². The molecule has 2 rings (SSSR count). The van der Waals surface area contributed by atoms with Crippen molar-refractivity contribution < 1.29 is 9.53 Å². The lowest BCUT2D eigenvalue weighted by molar-refractivity contribution is 0.0158. The number of hydrogen-bond donors (Lipinski definition) is 0. The minimum absolute atomic E-state index is 0.00795. The van der Waals surface area contributed by atoms with Crippen molar-refractivity contribution in [3.63, 3.8) is 0 Å². The van der Waals surface area contributed by atoms with E-state index in [-0.39, 0.29) is 12.0 Å². The zero-order valence-electron chi connectivity index (χ0n) is 10.5. The monoisotopic (exact) mass is 390 g/mol. The molecular formula is C13H16Br2N2O2. The number of nitrogens with zero attached hydrogens (tertiary/aromatic N) is 2. The Balaban J connectivity index is 1.91. The number of halogens is 2. The van der Waals surface area contributed by atoms with Crippen LogP contribution < -0.4 is 0 Å². The molecule has 1 aromatic heterocycles. The van der Waals surface area contributed by atoms with Crippen molar-refractivity contribution >= 4 is 37.8 Å². The molecule has 0 bridgehead atoms. The van der Waals surface area contributed by atoms with E-state index in [1.807, 2.05) is 11.0 Å². The van der Waals surface area contributed by atoms with Crippen LogP contribution in [-0.4, -0.2) is 46.9 Å². The third-order valence-electron chi connectivity index (χ3n) is 3.12. The van der Waals surface area contributed by atoms with Gasteiger partial charge in [-0.1, -0.05) is 15.9 Å². The fourth-order valence-electron chi connectivity index (χ4n) is 2.13. The van der Waals surface area contributed by atoms with Crippen LogP contribution in [0.2, 0.25) is 0 Å². The highest BCUT2D eigenvalue weighted by Gasteiger charge is 2.25. The van der Waals surface area contributed by atoms with E-state index in [9.17, 15) is 4.79 Å². The van der Waals surface area contributed by atoms with Crippen LogP contribution in [0.1, 0.15) is 23.3 Å². The zero-order chi connectivity index (χ0) is 13.7. The Kier molecular flexibility index (Phi) is 5.78. The number of amides is 1. The molecule has 19 heavy (non-hydrogen) atoms. The van der Waals surface area contributed by atoms with Gasteiger partial charge in [0.2, 0.25) is 0 Å². The molecule has 1 aliphatic rings. The Morgan fingerprint density at radius 1 is 1.47 bits per heavy atom. The van der Waals surface area contributed by atoms with Crippen molar-refractivity contribution in [2.45, 2.75) is 18.9 Å². The number of likely N-dealkylation sites (tertiary alicyclic amines) is 1. The lowest BCUT2D eigenvalue weighted by Crippen LogP contribution is -2.41. The summed E-state index contributed by atoms with van der Waals surface area (Å²) in [6.07, 6.45) is 3.70. The number of pyridine rings is 1. The highest BCUT2D eigenvalue weighted by Crippen LogP contribution is 2.19. The second-order valence-corrected chi connectivity index (χ2v) is 6.03. The molecule has 1 aromatic rings. The Hall–Kier alpha value is -0.460. The number of carbonyl (C=O) groups is 1. The standard InChI is InChI=1S/C13H16Br2N2O2/c14-5-9-19-10-3-7-17(8-4-10)13(18)12-11(15)2-1-6-16-12/h1-2,6,10H,3-5,7-9H2. The largest absolute Gasteiger partial charge is 0.377 e. The molecule has 0 aliphatic carbocycles. The highest BCUT2D eigenvalue weighted by atomic mass is 79.9. The van der Waals surface area contributed by atoms with Crippen molar-refractivity contribution in [1.29, 1.82) is 0 Å². The molecule has 0 aromatic carbocycles. The lowest BCUT2D eigenvalue weighted by atomic mass is 10.1. The fourth-order valence-corrected chi connectivity index (χ4v) is 2.74. The molecule has 104 valence electrons. The number of ether oxygens (including phenoxy) is 1. The van der Waals surface area contributed by atoms with Gasteiger partial charge in [-0.05, 0) is 40.9 Å². The molecule has 0 N–H and O–H groups in total. The van der Waals surface area contributed by atoms with Crippen LogP contribution in [0.15, 0.2) is 22.8 Å². The average Bonchev–Trinajstić information content (AvgIpc) is 2.45. The third kappa shape index (κ3) is 4.00. The van der Waals surface area contributed by atoms with E-state index in [1.54, 1.807) is 12.3 Å². The first-order chi connectivity index (χ1) is 9.22. The van der Waals surface area contributed by atoms with Crippen molar-refractivity contribution in [2.75, 3.05) is 25.0 Å². The summed E-state index contributed by atoms with van der Waals surface area (Å²) in [5.41, 5.74) is 0.488. The molecule has 0 spiro atoms. The van der Waals surface area contributed by atoms with Gasteiger partial charge in [-0.15, -0.1) is 0 Å². The van der Waals surface area contributed by atoms with E-state index in [0.717, 1.165) is 42.3 Å². The van der Waals surface area contributed by atoms with Gasteiger partial charge < -0.3 is 9.64 Å². The molecule has 0 radical (unpaired) electrons. The summed E-state index contributed by atoms with van der Waals surface area (Å²) in [4.78, 5) is 18.3. The second kappa shape index (κ2) is 7.36. The van der Waals surface area contributed by atoms with Crippen LogP contribution in [0, 0.1) is 0 Å². The zero-order valence-corrected chi connectivity index (χ0v) is 13.7. The Morgan fingerprint density at radius 2 is 2.21 bits per heavy atom. The first kappa shape index (κ1) is 14.9. The summed E-state index contributed by atoms with van der Waals surface area (Å²) in [7, 11) is 0. The fraction of sp³-hybridized carbons (Fsp3) is 0.538. The lowest BCUT2D eigenvalue weighted by Gasteiger charge is -2.31. The average molecular weight is 392 g/mol. The van der Waals surface area contributed by atoms with Gasteiger partial charge in [-0.2, -0.15) is 0 Å². The van der Waals surface area contributed by atoms with E-state index in [2.05, 4.69) is 36.8 Å². The van der Waals surface area contributed by atoms with Crippen LogP contribution in [0.25, 0.3) is 0 Å². The minimum Gasteiger partial charge on any atom is -0.377 e. The van der Waals surface area contributed by atoms with E-state index < -0.39 is 0 Å². The SMILES string of the molecule is O=C(c1ncccc1Br)N1CCC(OCCBr)CC1. The Labute approximate surface area is 129 Å². The molecule has 0 unspecified atom stereocenters. The number of alkyl halides is 1. The van der Waals surface area contributed by atoms with Crippen molar-refractivity contribution in [2.24, 2.45) is 0 Å². The molecular weight excluding hydrogens is 376 g/mol. The maximum atomic E-state index is 12.3. The number of aromatic nitrogens is 1. The van der Waals surface area contributed by atoms with Gasteiger partial charge in [0.05, 0.1) is 12.7 Å². The van der Waals surface area contributed by atoms with E-state index >= 15 is 0 Å². The maximum Gasteiger partial charge on any atom is 0.273 e. The van der Waals surface area contributed by atoms with Crippen LogP contribution in [0.3, 0.4) is 0 Å². The predicted octanol–water partition coefficient (Wildman–Crippen LogP) is 2.86. The van der Waals surface area contributed by atoms with Crippen LogP contribution in [-0.2, 0) is 4.74 Å². The topological polar surface area (TPSA) is 42.4 Å². The van der Waals surface area contributed by atoms with Crippen LogP contribution in [0.5, 0.6) is 0 Å². The van der Waals surface area contributed by atoms with E-state index in [0.29, 0.717) is 5.69 Å². The van der Waals surface area contributed by atoms with Gasteiger partial charge in [0.25, 0.3) is 5.91 Å². The first-order valence-electron chi connectivity index (χ1n) is 6.29. The summed E-state index contributed by atoms with van der Waals surface area (Å²) in [6, 6.07) is 3.65. The van der Waals surface area contributed by atoms with Gasteiger partial charge in [0, 0.05) is 29.1 Å². The summed E-state index contributed by atoms with van der Waals surface area (Å²) >= 11 is 6.72. The Morgan fingerprint density at radius 3 is 2.84 bits per heavy atom. The normalized spacial score (nSPS) is 16.6. The number of rotatable bonds is 4. The molecule has 0 saturated carbocycles. The van der Waals surface area contributed by atoms with Crippen molar-refractivity contribution in [1.82, 2.24) is 9.88 Å². The second-order valence-electron chi connectivity index (χ2n) is 4.39. The smallest absolute Gasteiger partial charge is 0.273 e. The number of hydrogen-bond acceptors (Lipinski definition) is 3.